The molecule has 2 heterocycles. The van der Waals surface area contributed by atoms with Gasteiger partial charge in [0.25, 0.3) is 11.9 Å². The molecule has 0 spiro atoms. The van der Waals surface area contributed by atoms with E-state index in [4.69, 9.17) is 0 Å². The average molecular weight is 221 g/mol. The number of carbonyl (C=O) groups is 1. The molecular formula is C8H7N5OS. The Bertz CT molecular complexity index is 447. The fourth-order valence-electron chi connectivity index (χ4n) is 0.908. The molecular weight excluding hydrogens is 214 g/mol. The number of tetrazole rings is 1. The molecule has 1 amide bonds. The van der Waals surface area contributed by atoms with Crippen molar-refractivity contribution in [3.05, 3.63) is 28.5 Å². The van der Waals surface area contributed by atoms with Crippen LogP contribution in [0.2, 0.25) is 0 Å². The monoisotopic (exact) mass is 221 g/mol. The van der Waals surface area contributed by atoms with Crippen molar-refractivity contribution in [1.82, 2.24) is 20.6 Å². The Morgan fingerprint density at radius 1 is 1.60 bits per heavy atom. The topological polar surface area (TPSA) is 83.6 Å². The number of aromatic amines is 1. The molecule has 0 aliphatic heterocycles. The smallest absolute Gasteiger partial charge is 0.270 e. The van der Waals surface area contributed by atoms with Gasteiger partial charge >= 0.3 is 0 Å². The second-order valence-corrected chi connectivity index (χ2v) is 3.39. The number of carbonyl (C=O) groups excluding carboxylic acids is 1. The second kappa shape index (κ2) is 4.47. The fraction of sp³-hybridized carbons (Fsp3) is 0. The van der Waals surface area contributed by atoms with Crippen LogP contribution in [0.5, 0.6) is 0 Å². The zero-order valence-corrected chi connectivity index (χ0v) is 8.36. The highest BCUT2D eigenvalue weighted by molar-refractivity contribution is 7.08. The van der Waals surface area contributed by atoms with Crippen LogP contribution in [0, 0.1) is 0 Å². The second-order valence-electron chi connectivity index (χ2n) is 2.61. The Labute approximate surface area is 89.0 Å². The van der Waals surface area contributed by atoms with Crippen LogP contribution in [0.3, 0.4) is 0 Å². The zero-order valence-electron chi connectivity index (χ0n) is 7.54. The van der Waals surface area contributed by atoms with E-state index < -0.39 is 0 Å². The summed E-state index contributed by atoms with van der Waals surface area (Å²) in [4.78, 5) is 11.3. The largest absolute Gasteiger partial charge is 0.288 e. The van der Waals surface area contributed by atoms with Crippen LogP contribution in [0.1, 0.15) is 5.56 Å². The molecule has 0 aliphatic rings. The minimum Gasteiger partial charge on any atom is -0.288 e. The van der Waals surface area contributed by atoms with E-state index in [0.29, 0.717) is 0 Å². The quantitative estimate of drug-likeness (QED) is 0.755. The third-order valence-corrected chi connectivity index (χ3v) is 2.25. The van der Waals surface area contributed by atoms with Crippen molar-refractivity contribution in [1.29, 1.82) is 0 Å². The van der Waals surface area contributed by atoms with Gasteiger partial charge in [0.05, 0.1) is 0 Å². The van der Waals surface area contributed by atoms with E-state index in [1.807, 2.05) is 16.8 Å². The van der Waals surface area contributed by atoms with Gasteiger partial charge in [-0.1, -0.05) is 5.10 Å². The molecule has 2 N–H and O–H groups in total. The predicted molar refractivity (Wildman–Crippen MR) is 56.2 cm³/mol. The van der Waals surface area contributed by atoms with E-state index in [1.54, 1.807) is 17.4 Å². The molecule has 6 nitrogen and oxygen atoms in total. The summed E-state index contributed by atoms with van der Waals surface area (Å²) < 4.78 is 0. The van der Waals surface area contributed by atoms with Gasteiger partial charge in [0.2, 0.25) is 0 Å². The Hall–Kier alpha value is -2.02. The molecule has 0 aromatic carbocycles. The lowest BCUT2D eigenvalue weighted by molar-refractivity contribution is -0.111. The van der Waals surface area contributed by atoms with Crippen molar-refractivity contribution >= 4 is 29.3 Å². The molecule has 7 heteroatoms. The lowest BCUT2D eigenvalue weighted by atomic mass is 10.3. The van der Waals surface area contributed by atoms with E-state index in [-0.39, 0.29) is 11.9 Å². The first-order chi connectivity index (χ1) is 7.34. The van der Waals surface area contributed by atoms with Crippen LogP contribution in [-0.2, 0) is 4.79 Å². The van der Waals surface area contributed by atoms with Gasteiger partial charge in [0.1, 0.15) is 0 Å². The molecule has 76 valence electrons. The van der Waals surface area contributed by atoms with Crippen molar-refractivity contribution in [2.24, 2.45) is 0 Å². The Morgan fingerprint density at radius 2 is 2.53 bits per heavy atom. The van der Waals surface area contributed by atoms with E-state index >= 15 is 0 Å². The number of H-pyrrole nitrogens is 1. The van der Waals surface area contributed by atoms with Crippen molar-refractivity contribution in [2.45, 2.75) is 0 Å². The minimum absolute atomic E-state index is 0.162. The van der Waals surface area contributed by atoms with Crippen LogP contribution < -0.4 is 5.32 Å². The molecule has 0 radical (unpaired) electrons. The molecule has 0 atom stereocenters. The molecule has 0 bridgehead atoms. The highest BCUT2D eigenvalue weighted by Crippen LogP contribution is 2.07. The van der Waals surface area contributed by atoms with Gasteiger partial charge in [-0.2, -0.15) is 16.6 Å². The van der Waals surface area contributed by atoms with E-state index in [9.17, 15) is 4.79 Å². The SMILES string of the molecule is O=C(/C=C/c1ccsc1)Nc1nn[nH]n1. The molecule has 0 saturated heterocycles. The maximum absolute atomic E-state index is 11.3. The third kappa shape index (κ3) is 2.71. The van der Waals surface area contributed by atoms with Crippen LogP contribution >= 0.6 is 11.3 Å². The van der Waals surface area contributed by atoms with Gasteiger partial charge in [-0.05, 0) is 33.7 Å². The van der Waals surface area contributed by atoms with Crippen molar-refractivity contribution in [3.63, 3.8) is 0 Å². The van der Waals surface area contributed by atoms with Crippen molar-refractivity contribution < 1.29 is 4.79 Å². The summed E-state index contributed by atoms with van der Waals surface area (Å²) in [6, 6.07) is 1.92. The van der Waals surface area contributed by atoms with Crippen LogP contribution in [-0.4, -0.2) is 26.5 Å². The highest BCUT2D eigenvalue weighted by atomic mass is 32.1. The molecule has 0 fully saturated rings. The Morgan fingerprint density at radius 3 is 3.20 bits per heavy atom. The Kier molecular flexibility index (Phi) is 2.84. The average Bonchev–Trinajstić information content (AvgIpc) is 2.86. The molecule has 0 saturated carbocycles. The first-order valence-electron chi connectivity index (χ1n) is 4.09. The van der Waals surface area contributed by atoms with Gasteiger partial charge in [-0.15, -0.1) is 5.10 Å². The standard InChI is InChI=1S/C8H7N5OS/c14-7(9-8-10-12-13-11-8)2-1-6-3-4-15-5-6/h1-5H,(H2,9,10,11,12,13,14)/b2-1+. The van der Waals surface area contributed by atoms with Gasteiger partial charge < -0.3 is 0 Å². The minimum atomic E-state index is -0.289. The molecule has 0 aliphatic carbocycles. The summed E-state index contributed by atoms with van der Waals surface area (Å²) in [6.07, 6.45) is 3.13. The first kappa shape index (κ1) is 9.53. The summed E-state index contributed by atoms with van der Waals surface area (Å²) in [5.74, 6) is -0.127. The van der Waals surface area contributed by atoms with Gasteiger partial charge in [-0.3, -0.25) is 10.1 Å². The summed E-state index contributed by atoms with van der Waals surface area (Å²) in [6.45, 7) is 0. The van der Waals surface area contributed by atoms with Crippen LogP contribution in [0.25, 0.3) is 6.08 Å². The fourth-order valence-corrected chi connectivity index (χ4v) is 1.54. The molecule has 2 aromatic rings. The van der Waals surface area contributed by atoms with Gasteiger partial charge in [0.15, 0.2) is 0 Å². The number of aromatic nitrogens is 4. The number of rotatable bonds is 3. The van der Waals surface area contributed by atoms with Gasteiger partial charge in [-0.25, -0.2) is 0 Å². The predicted octanol–water partition coefficient (Wildman–Crippen LogP) is 0.913. The molecule has 2 aromatic heterocycles. The lowest BCUT2D eigenvalue weighted by Gasteiger charge is -1.91. The Balaban J connectivity index is 1.93. The summed E-state index contributed by atoms with van der Waals surface area (Å²) in [5, 5.41) is 19.1. The van der Waals surface area contributed by atoms with E-state index in [0.717, 1.165) is 5.56 Å². The summed E-state index contributed by atoms with van der Waals surface area (Å²) in [7, 11) is 0. The number of thiophene rings is 1. The number of anilines is 1. The third-order valence-electron chi connectivity index (χ3n) is 1.55. The number of amides is 1. The number of hydrogen-bond acceptors (Lipinski definition) is 5. The van der Waals surface area contributed by atoms with E-state index in [2.05, 4.69) is 25.9 Å². The maximum Gasteiger partial charge on any atom is 0.270 e. The van der Waals surface area contributed by atoms with Crippen molar-refractivity contribution in [3.8, 4) is 0 Å². The van der Waals surface area contributed by atoms with Crippen LogP contribution in [0.15, 0.2) is 22.9 Å². The number of nitrogens with one attached hydrogen (secondary N) is 2. The number of nitrogens with zero attached hydrogens (tertiary/aromatic N) is 3. The lowest BCUT2D eigenvalue weighted by Crippen LogP contribution is -2.08. The highest BCUT2D eigenvalue weighted by Gasteiger charge is 2.00. The first-order valence-corrected chi connectivity index (χ1v) is 5.03. The van der Waals surface area contributed by atoms with E-state index in [1.165, 1.54) is 6.08 Å². The molecule has 15 heavy (non-hydrogen) atoms. The molecule has 2 rings (SSSR count). The normalized spacial score (nSPS) is 10.7. The van der Waals surface area contributed by atoms with Crippen LogP contribution in [0.4, 0.5) is 5.95 Å². The molecule has 0 unspecified atom stereocenters. The van der Waals surface area contributed by atoms with Crippen molar-refractivity contribution in [2.75, 3.05) is 5.32 Å². The summed E-state index contributed by atoms with van der Waals surface area (Å²) >= 11 is 1.57. The zero-order chi connectivity index (χ0) is 10.5. The maximum atomic E-state index is 11.3. The van der Waals surface area contributed by atoms with Gasteiger partial charge in [0, 0.05) is 6.08 Å². The number of hydrogen-bond donors (Lipinski definition) is 2. The summed E-state index contributed by atoms with van der Waals surface area (Å²) in [5.41, 5.74) is 0.989.